The van der Waals surface area contributed by atoms with Gasteiger partial charge in [-0.15, -0.1) is 0 Å². The first-order valence-electron chi connectivity index (χ1n) is 8.65. The zero-order valence-corrected chi connectivity index (χ0v) is 15.4. The van der Waals surface area contributed by atoms with E-state index in [2.05, 4.69) is 15.5 Å². The van der Waals surface area contributed by atoms with Crippen molar-refractivity contribution in [1.29, 1.82) is 0 Å². The summed E-state index contributed by atoms with van der Waals surface area (Å²) in [6, 6.07) is 18.5. The standard InChI is InChI=1S/C21H18N4O3/c1-25-18-10-6-5-9-17(18)23-21(25)24-22-13-14-11-12-19(28-14)15-7-3-4-8-16(15)20(26)27-2/h3-13H,1-2H3,(H,23,24)/b22-13-. The maximum absolute atomic E-state index is 11.9. The molecule has 0 saturated heterocycles. The molecule has 2 aromatic heterocycles. The Hall–Kier alpha value is -3.87. The number of aromatic nitrogens is 2. The average molecular weight is 374 g/mol. The molecule has 4 rings (SSSR count). The third-order valence-corrected chi connectivity index (χ3v) is 4.37. The number of anilines is 1. The first-order chi connectivity index (χ1) is 13.7. The van der Waals surface area contributed by atoms with Gasteiger partial charge < -0.3 is 13.7 Å². The minimum Gasteiger partial charge on any atom is -0.465 e. The Morgan fingerprint density at radius 2 is 1.93 bits per heavy atom. The molecule has 0 radical (unpaired) electrons. The molecular weight excluding hydrogens is 356 g/mol. The highest BCUT2D eigenvalue weighted by Crippen LogP contribution is 2.26. The Labute approximate surface area is 161 Å². The third-order valence-electron chi connectivity index (χ3n) is 4.37. The Morgan fingerprint density at radius 3 is 2.75 bits per heavy atom. The molecule has 0 aliphatic rings. The molecule has 7 heteroatoms. The number of esters is 1. The fourth-order valence-corrected chi connectivity index (χ4v) is 2.95. The quantitative estimate of drug-likeness (QED) is 0.324. The van der Waals surface area contributed by atoms with Gasteiger partial charge in [-0.2, -0.15) is 5.10 Å². The summed E-state index contributed by atoms with van der Waals surface area (Å²) in [6.45, 7) is 0. The molecule has 140 valence electrons. The molecule has 2 aromatic carbocycles. The van der Waals surface area contributed by atoms with E-state index >= 15 is 0 Å². The SMILES string of the molecule is COC(=O)c1ccccc1-c1ccc(/C=N\Nc2nc3ccccc3n2C)o1. The van der Waals surface area contributed by atoms with Crippen LogP contribution in [0.1, 0.15) is 16.1 Å². The number of benzene rings is 2. The normalized spacial score (nSPS) is 11.2. The van der Waals surface area contributed by atoms with Gasteiger partial charge in [0, 0.05) is 12.6 Å². The minimum absolute atomic E-state index is 0.411. The maximum atomic E-state index is 11.9. The van der Waals surface area contributed by atoms with Crippen LogP contribution in [0.3, 0.4) is 0 Å². The van der Waals surface area contributed by atoms with Crippen LogP contribution in [-0.2, 0) is 11.8 Å². The number of hydrogen-bond donors (Lipinski definition) is 1. The molecule has 0 atom stereocenters. The van der Waals surface area contributed by atoms with Gasteiger partial charge in [0.2, 0.25) is 5.95 Å². The number of para-hydroxylation sites is 2. The molecule has 2 heterocycles. The van der Waals surface area contributed by atoms with E-state index < -0.39 is 5.97 Å². The lowest BCUT2D eigenvalue weighted by Gasteiger charge is -2.04. The fraction of sp³-hybridized carbons (Fsp3) is 0.0952. The smallest absolute Gasteiger partial charge is 0.338 e. The lowest BCUT2D eigenvalue weighted by molar-refractivity contribution is 0.0601. The molecule has 4 aromatic rings. The number of nitrogens with zero attached hydrogens (tertiary/aromatic N) is 3. The van der Waals surface area contributed by atoms with Gasteiger partial charge >= 0.3 is 5.97 Å². The van der Waals surface area contributed by atoms with Crippen LogP contribution < -0.4 is 5.43 Å². The second-order valence-electron chi connectivity index (χ2n) is 6.09. The van der Waals surface area contributed by atoms with E-state index in [1.165, 1.54) is 7.11 Å². The van der Waals surface area contributed by atoms with Crippen molar-refractivity contribution in [2.45, 2.75) is 0 Å². The highest BCUT2D eigenvalue weighted by atomic mass is 16.5. The predicted molar refractivity (Wildman–Crippen MR) is 107 cm³/mol. The van der Waals surface area contributed by atoms with E-state index in [9.17, 15) is 4.79 Å². The van der Waals surface area contributed by atoms with E-state index in [0.29, 0.717) is 28.6 Å². The van der Waals surface area contributed by atoms with Crippen LogP contribution in [0.25, 0.3) is 22.4 Å². The van der Waals surface area contributed by atoms with Gasteiger partial charge in [-0.25, -0.2) is 15.2 Å². The molecule has 0 amide bonds. The molecule has 0 fully saturated rings. The molecule has 0 bridgehead atoms. The largest absolute Gasteiger partial charge is 0.465 e. The van der Waals surface area contributed by atoms with Crippen molar-refractivity contribution < 1.29 is 13.9 Å². The van der Waals surface area contributed by atoms with Crippen molar-refractivity contribution in [1.82, 2.24) is 9.55 Å². The fourth-order valence-electron chi connectivity index (χ4n) is 2.95. The molecule has 7 nitrogen and oxygen atoms in total. The second-order valence-corrected chi connectivity index (χ2v) is 6.09. The van der Waals surface area contributed by atoms with Gasteiger partial charge in [0.15, 0.2) is 0 Å². The first kappa shape index (κ1) is 17.5. The van der Waals surface area contributed by atoms with Crippen LogP contribution in [-0.4, -0.2) is 28.8 Å². The summed E-state index contributed by atoms with van der Waals surface area (Å²) in [7, 11) is 3.27. The van der Waals surface area contributed by atoms with Crippen molar-refractivity contribution in [3.63, 3.8) is 0 Å². The summed E-state index contributed by atoms with van der Waals surface area (Å²) >= 11 is 0. The summed E-state index contributed by atoms with van der Waals surface area (Å²) in [5.41, 5.74) is 5.94. The Balaban J connectivity index is 1.54. The van der Waals surface area contributed by atoms with Crippen LogP contribution >= 0.6 is 0 Å². The summed E-state index contributed by atoms with van der Waals surface area (Å²) in [6.07, 6.45) is 1.56. The number of nitrogens with one attached hydrogen (secondary N) is 1. The molecule has 1 N–H and O–H groups in total. The minimum atomic E-state index is -0.411. The lowest BCUT2D eigenvalue weighted by Crippen LogP contribution is -2.02. The van der Waals surface area contributed by atoms with E-state index in [0.717, 1.165) is 11.0 Å². The number of imidazole rings is 1. The Kier molecular flexibility index (Phi) is 4.63. The molecule has 0 aliphatic heterocycles. The highest BCUT2D eigenvalue weighted by molar-refractivity contribution is 5.96. The third kappa shape index (κ3) is 3.25. The van der Waals surface area contributed by atoms with E-state index in [1.54, 1.807) is 30.5 Å². The summed E-state index contributed by atoms with van der Waals surface area (Å²) < 4.78 is 12.6. The van der Waals surface area contributed by atoms with Gasteiger partial charge in [0.25, 0.3) is 0 Å². The van der Waals surface area contributed by atoms with Crippen LogP contribution in [0, 0.1) is 0 Å². The van der Waals surface area contributed by atoms with E-state index in [4.69, 9.17) is 9.15 Å². The van der Waals surface area contributed by atoms with E-state index in [-0.39, 0.29) is 0 Å². The van der Waals surface area contributed by atoms with Crippen molar-refractivity contribution in [3.05, 3.63) is 72.0 Å². The number of fused-ring (bicyclic) bond motifs is 1. The van der Waals surface area contributed by atoms with Crippen molar-refractivity contribution in [2.75, 3.05) is 12.5 Å². The van der Waals surface area contributed by atoms with Gasteiger partial charge in [-0.3, -0.25) is 0 Å². The molecule has 0 aliphatic carbocycles. The number of furan rings is 1. The number of ether oxygens (including phenoxy) is 1. The number of carbonyl (C=O) groups excluding carboxylic acids is 1. The number of methoxy groups -OCH3 is 1. The number of rotatable bonds is 5. The number of aryl methyl sites for hydroxylation is 1. The highest BCUT2D eigenvalue weighted by Gasteiger charge is 2.15. The van der Waals surface area contributed by atoms with E-state index in [1.807, 2.05) is 48.0 Å². The second kappa shape index (κ2) is 7.40. The van der Waals surface area contributed by atoms with Crippen molar-refractivity contribution in [3.8, 4) is 11.3 Å². The summed E-state index contributed by atoms with van der Waals surface area (Å²) in [5, 5.41) is 4.20. The molecule has 0 unspecified atom stereocenters. The zero-order chi connectivity index (χ0) is 19.5. The van der Waals surface area contributed by atoms with Crippen molar-refractivity contribution in [2.24, 2.45) is 12.1 Å². The average Bonchev–Trinajstić information content (AvgIpc) is 3.33. The Bertz CT molecular complexity index is 1170. The van der Waals surface area contributed by atoms with Crippen LogP contribution in [0.15, 0.2) is 70.2 Å². The first-order valence-corrected chi connectivity index (χ1v) is 8.65. The molecule has 28 heavy (non-hydrogen) atoms. The van der Waals surface area contributed by atoms with Crippen LogP contribution in [0.2, 0.25) is 0 Å². The summed E-state index contributed by atoms with van der Waals surface area (Å²) in [4.78, 5) is 16.4. The molecule has 0 saturated carbocycles. The molecular formula is C21H18N4O3. The number of hydrogen-bond acceptors (Lipinski definition) is 6. The predicted octanol–water partition coefficient (Wildman–Crippen LogP) is 4.07. The maximum Gasteiger partial charge on any atom is 0.338 e. The van der Waals surface area contributed by atoms with Gasteiger partial charge in [0.1, 0.15) is 11.5 Å². The zero-order valence-electron chi connectivity index (χ0n) is 15.4. The lowest BCUT2D eigenvalue weighted by atomic mass is 10.1. The summed E-state index contributed by atoms with van der Waals surface area (Å²) in [5.74, 6) is 1.32. The number of carbonyl (C=O) groups is 1. The number of hydrazone groups is 1. The molecule has 0 spiro atoms. The van der Waals surface area contributed by atoms with Crippen LogP contribution in [0.4, 0.5) is 5.95 Å². The van der Waals surface area contributed by atoms with Crippen LogP contribution in [0.5, 0.6) is 0 Å². The van der Waals surface area contributed by atoms with Crippen molar-refractivity contribution >= 4 is 29.2 Å². The van der Waals surface area contributed by atoms with Gasteiger partial charge in [0.05, 0.1) is 29.9 Å². The van der Waals surface area contributed by atoms with Gasteiger partial charge in [-0.05, 0) is 30.3 Å². The monoisotopic (exact) mass is 374 g/mol. The topological polar surface area (TPSA) is 81.6 Å². The van der Waals surface area contributed by atoms with Gasteiger partial charge in [-0.1, -0.05) is 30.3 Å². The Morgan fingerprint density at radius 1 is 1.14 bits per heavy atom.